The van der Waals surface area contributed by atoms with Crippen LogP contribution in [-0.2, 0) is 86.3 Å². The molecule has 382 valence electrons. The van der Waals surface area contributed by atoms with Gasteiger partial charge in [0, 0.05) is 53.8 Å². The van der Waals surface area contributed by atoms with Gasteiger partial charge in [0.15, 0.2) is 0 Å². The van der Waals surface area contributed by atoms with Gasteiger partial charge in [0.05, 0.1) is 23.0 Å². The third-order valence-corrected chi connectivity index (χ3v) is 16.5. The summed E-state index contributed by atoms with van der Waals surface area (Å²) >= 11 is 0. The molecule has 68 heavy (non-hydrogen) atoms. The number of Topliss-reactive ketones (excluding diaryl/α,β-unsaturated/α-hetero) is 1. The van der Waals surface area contributed by atoms with E-state index in [0.717, 1.165) is 6.42 Å². The lowest BCUT2D eigenvalue weighted by Crippen LogP contribution is -2.44. The number of alkyl halides is 3. The normalized spacial score (nSPS) is 34.1. The van der Waals surface area contributed by atoms with Crippen molar-refractivity contribution in [3.63, 3.8) is 0 Å². The van der Waals surface area contributed by atoms with E-state index >= 15 is 0 Å². The van der Waals surface area contributed by atoms with Gasteiger partial charge in [-0.25, -0.2) is 0 Å². The standard InChI is InChI=1S/C16H23NO6S.C7H8F3NO5S.2C6H9NO2.C6H8O3/c1-9-10(2)14(20)17(13(9)19)23-24(21,22)8-16-6-5-11(7-12(16)18)15(16,3)4;1-3-4(2)6(13)11(5(3)12)16-17(14,15)7(8,9)10;2*1-3-4(2)6(9)7-5(3)8;1-3-4(2)6(8)9-5(3)7/h9-11H,5-8H2,1-4H3;3-4H,1-2H3;2*3-4H,1-2H3,(H,7,8,9);3-4H,1-2H3. The van der Waals surface area contributed by atoms with Gasteiger partial charge in [-0.2, -0.15) is 30.0 Å². The van der Waals surface area contributed by atoms with Gasteiger partial charge in [-0.3, -0.25) is 63.4 Å². The Morgan fingerprint density at radius 1 is 0.559 bits per heavy atom. The molecule has 0 radical (unpaired) electrons. The SMILES string of the molecule is CC1C(=O)N(OS(=O)(=O)C(F)(F)F)C(=O)C1C.CC1C(=O)N(OS(=O)(=O)CC23CCC(CC2=O)C3(C)C)C(=O)C1C.CC1C(=O)NC(=O)C1C.CC1C(=O)NC(=O)C1C.CC1C(=O)OC(=O)C1C. The van der Waals surface area contributed by atoms with Crippen LogP contribution in [-0.4, -0.2) is 103 Å². The van der Waals surface area contributed by atoms with Crippen LogP contribution < -0.4 is 10.6 Å². The minimum absolute atomic E-state index is 0.0586. The van der Waals surface area contributed by atoms with Gasteiger partial charge in [-0.1, -0.05) is 83.1 Å². The number of carbonyl (C=O) groups excluding carboxylic acids is 11. The number of nitrogens with zero attached hydrogens (tertiary/aromatic N) is 2. The highest BCUT2D eigenvalue weighted by Gasteiger charge is 2.66. The predicted octanol–water partition coefficient (Wildman–Crippen LogP) is 1.86. The molecule has 5 heterocycles. The summed E-state index contributed by atoms with van der Waals surface area (Å²) in [6, 6.07) is 0. The van der Waals surface area contributed by atoms with E-state index in [9.17, 15) is 82.7 Å². The van der Waals surface area contributed by atoms with Gasteiger partial charge < -0.3 is 4.74 Å². The van der Waals surface area contributed by atoms with Crippen molar-refractivity contribution < 1.29 is 96.1 Å². The van der Waals surface area contributed by atoms with Gasteiger partial charge in [-0.05, 0) is 24.2 Å². The molecule has 7 fully saturated rings. The summed E-state index contributed by atoms with van der Waals surface area (Å²) in [5, 5.41) is 4.49. The number of esters is 2. The Morgan fingerprint density at radius 2 is 0.882 bits per heavy atom. The highest BCUT2D eigenvalue weighted by Crippen LogP contribution is 2.64. The average Bonchev–Trinajstić information content (AvgIpc) is 3.94. The summed E-state index contributed by atoms with van der Waals surface area (Å²) in [7, 11) is -10.3. The van der Waals surface area contributed by atoms with Gasteiger partial charge in [0.25, 0.3) is 33.7 Å². The second-order valence-electron chi connectivity index (χ2n) is 18.7. The molecule has 27 heteroatoms. The first-order chi connectivity index (χ1) is 30.8. The second-order valence-corrected chi connectivity index (χ2v) is 21.8. The van der Waals surface area contributed by atoms with E-state index < -0.39 is 102 Å². The van der Waals surface area contributed by atoms with Crippen LogP contribution >= 0.6 is 0 Å². The van der Waals surface area contributed by atoms with Crippen molar-refractivity contribution >= 4 is 85.2 Å². The monoisotopic (exact) mass is 1010 g/mol. The van der Waals surface area contributed by atoms with Gasteiger partial charge in [-0.15, -0.1) is 18.7 Å². The fourth-order valence-electron chi connectivity index (χ4n) is 7.95. The predicted molar refractivity (Wildman–Crippen MR) is 222 cm³/mol. The molecule has 2 bridgehead atoms. The van der Waals surface area contributed by atoms with E-state index in [1.807, 2.05) is 13.8 Å². The Bertz CT molecular complexity index is 2190. The summed E-state index contributed by atoms with van der Waals surface area (Å²) in [5.41, 5.74) is -7.11. The minimum Gasteiger partial charge on any atom is -0.393 e. The summed E-state index contributed by atoms with van der Waals surface area (Å²) in [5.74, 6) is -9.45. The van der Waals surface area contributed by atoms with Crippen molar-refractivity contribution in [2.24, 2.45) is 75.9 Å². The van der Waals surface area contributed by atoms with Gasteiger partial charge in [0.1, 0.15) is 5.78 Å². The maximum absolute atomic E-state index is 12.5. The number of hydrogen-bond acceptors (Lipinski definition) is 18. The highest BCUT2D eigenvalue weighted by molar-refractivity contribution is 7.87. The van der Waals surface area contributed by atoms with E-state index in [-0.39, 0.29) is 75.9 Å². The highest BCUT2D eigenvalue weighted by atomic mass is 32.2. The number of carbonyl (C=O) groups is 11. The number of nitrogens with one attached hydrogen (secondary N) is 2. The Kier molecular flexibility index (Phi) is 17.3. The van der Waals surface area contributed by atoms with Crippen molar-refractivity contribution in [1.29, 1.82) is 0 Å². The van der Waals surface area contributed by atoms with E-state index in [2.05, 4.69) is 19.7 Å². The van der Waals surface area contributed by atoms with Crippen LogP contribution in [0.1, 0.15) is 102 Å². The first-order valence-corrected chi connectivity index (χ1v) is 24.5. The molecule has 8 amide bonds. The fraction of sp³-hybridized carbons (Fsp3) is 0.732. The molecule has 2 saturated carbocycles. The molecule has 7 rings (SSSR count). The largest absolute Gasteiger partial charge is 0.525 e. The number of ether oxygens (including phenoxy) is 1. The summed E-state index contributed by atoms with van der Waals surface area (Å²) in [6.07, 6.45) is 1.70. The summed E-state index contributed by atoms with van der Waals surface area (Å²) in [4.78, 5) is 123. The lowest BCUT2D eigenvalue weighted by molar-refractivity contribution is -0.169. The van der Waals surface area contributed by atoms with Gasteiger partial charge >= 0.3 is 27.6 Å². The number of hydrogen-bond donors (Lipinski definition) is 2. The van der Waals surface area contributed by atoms with Gasteiger partial charge in [0.2, 0.25) is 23.6 Å². The summed E-state index contributed by atoms with van der Waals surface area (Å²) < 4.78 is 94.9. The number of amides is 8. The first-order valence-electron chi connectivity index (χ1n) is 21.5. The Labute approximate surface area is 390 Å². The molecule has 0 aromatic rings. The Hall–Kier alpha value is -5.02. The minimum atomic E-state index is -6.01. The third-order valence-electron chi connectivity index (χ3n) is 14.4. The van der Waals surface area contributed by atoms with Crippen molar-refractivity contribution in [2.75, 3.05) is 5.75 Å². The molecule has 2 N–H and O–H groups in total. The number of rotatable bonds is 6. The topological polar surface area (TPSA) is 314 Å². The molecular formula is C41H57F3N4O18S2. The smallest absolute Gasteiger partial charge is 0.393 e. The van der Waals surface area contributed by atoms with Crippen molar-refractivity contribution in [2.45, 2.75) is 108 Å². The molecule has 12 atom stereocenters. The maximum atomic E-state index is 12.5. The molecule has 0 aromatic heterocycles. The van der Waals surface area contributed by atoms with Crippen molar-refractivity contribution in [1.82, 2.24) is 20.8 Å². The molecule has 0 spiro atoms. The van der Waals surface area contributed by atoms with Crippen LogP contribution in [0.2, 0.25) is 0 Å². The third kappa shape index (κ3) is 11.4. The van der Waals surface area contributed by atoms with Crippen molar-refractivity contribution in [3.05, 3.63) is 0 Å². The van der Waals surface area contributed by atoms with Crippen LogP contribution in [0.3, 0.4) is 0 Å². The van der Waals surface area contributed by atoms with E-state index in [1.54, 1.807) is 55.4 Å². The second kappa shape index (κ2) is 20.5. The molecule has 5 aliphatic heterocycles. The van der Waals surface area contributed by atoms with Crippen LogP contribution in [0.15, 0.2) is 0 Å². The quantitative estimate of drug-likeness (QED) is 0.166. The zero-order valence-corrected chi connectivity index (χ0v) is 41.0. The fourth-order valence-corrected chi connectivity index (χ4v) is 10.1. The maximum Gasteiger partial charge on any atom is 0.525 e. The molecule has 12 unspecified atom stereocenters. The average molecular weight is 1020 g/mol. The number of ketones is 1. The van der Waals surface area contributed by atoms with Crippen LogP contribution in [0, 0.1) is 75.9 Å². The molecule has 0 aromatic carbocycles. The summed E-state index contributed by atoms with van der Waals surface area (Å²) in [6.45, 7) is 19.9. The molecule has 2 aliphatic carbocycles. The van der Waals surface area contributed by atoms with Crippen LogP contribution in [0.4, 0.5) is 13.2 Å². The Balaban J connectivity index is 0.000000242. The number of imide groups is 4. The molecular weight excluding hydrogens is 958 g/mol. The number of fused-ring (bicyclic) bond motifs is 2. The number of halogens is 3. The lowest BCUT2D eigenvalue weighted by atomic mass is 9.70. The zero-order valence-electron chi connectivity index (χ0n) is 39.4. The Morgan fingerprint density at radius 3 is 1.10 bits per heavy atom. The van der Waals surface area contributed by atoms with E-state index in [0.29, 0.717) is 17.9 Å². The zero-order chi connectivity index (χ0) is 52.7. The lowest BCUT2D eigenvalue weighted by Gasteiger charge is -2.35. The van der Waals surface area contributed by atoms with E-state index in [4.69, 9.17) is 4.28 Å². The van der Waals surface area contributed by atoms with Crippen molar-refractivity contribution in [3.8, 4) is 0 Å². The number of cyclic esters (lactones) is 2. The molecule has 22 nitrogen and oxygen atoms in total. The first kappa shape index (κ1) is 57.3. The molecule has 5 saturated heterocycles. The molecule has 7 aliphatic rings. The van der Waals surface area contributed by atoms with Crippen LogP contribution in [0.25, 0.3) is 0 Å². The van der Waals surface area contributed by atoms with Crippen LogP contribution in [0.5, 0.6) is 0 Å². The van der Waals surface area contributed by atoms with E-state index in [1.165, 1.54) is 13.8 Å². The number of hydroxylamine groups is 4.